The first kappa shape index (κ1) is 22.8. The number of benzene rings is 2. The summed E-state index contributed by atoms with van der Waals surface area (Å²) in [4.78, 5) is 28.7. The Kier molecular flexibility index (Phi) is 6.11. The van der Waals surface area contributed by atoms with Gasteiger partial charge in [0.25, 0.3) is 11.8 Å². The second-order valence-corrected chi connectivity index (χ2v) is 9.03. The zero-order chi connectivity index (χ0) is 23.8. The predicted molar refractivity (Wildman–Crippen MR) is 116 cm³/mol. The van der Waals surface area contributed by atoms with E-state index < -0.39 is 28.4 Å². The summed E-state index contributed by atoms with van der Waals surface area (Å²) in [6, 6.07) is 13.9. The zero-order valence-corrected chi connectivity index (χ0v) is 18.4. The first-order valence-corrected chi connectivity index (χ1v) is 11.2. The van der Waals surface area contributed by atoms with Crippen LogP contribution >= 0.6 is 0 Å². The molecule has 0 radical (unpaired) electrons. The van der Waals surface area contributed by atoms with Gasteiger partial charge in [0, 0.05) is 24.9 Å². The Morgan fingerprint density at radius 2 is 1.73 bits per heavy atom. The van der Waals surface area contributed by atoms with Gasteiger partial charge in [0.05, 0.1) is 12.2 Å². The predicted octanol–water partition coefficient (Wildman–Crippen LogP) is 3.46. The molecule has 2 aromatic rings. The molecule has 0 saturated heterocycles. The molecule has 2 heterocycles. The van der Waals surface area contributed by atoms with Crippen LogP contribution in [0.5, 0.6) is 0 Å². The third-order valence-electron chi connectivity index (χ3n) is 5.34. The molecule has 2 aromatic carbocycles. The van der Waals surface area contributed by atoms with E-state index >= 15 is 0 Å². The molecule has 1 N–H and O–H groups in total. The summed E-state index contributed by atoms with van der Waals surface area (Å²) in [6.07, 6.45) is -2.98. The minimum absolute atomic E-state index is 0.00868. The van der Waals surface area contributed by atoms with Crippen molar-refractivity contribution in [2.24, 2.45) is 0 Å². The molecule has 6 nitrogen and oxygen atoms in total. The Balaban J connectivity index is 1.45. The van der Waals surface area contributed by atoms with Gasteiger partial charge in [-0.15, -0.1) is 0 Å². The quantitative estimate of drug-likeness (QED) is 0.719. The van der Waals surface area contributed by atoms with E-state index in [4.69, 9.17) is 0 Å². The van der Waals surface area contributed by atoms with Crippen LogP contribution in [0.3, 0.4) is 0 Å². The molecule has 0 aliphatic carbocycles. The van der Waals surface area contributed by atoms with E-state index in [0.717, 1.165) is 17.7 Å². The molecule has 10 heteroatoms. The lowest BCUT2D eigenvalue weighted by Crippen LogP contribution is -2.43. The van der Waals surface area contributed by atoms with Crippen LogP contribution in [0.15, 0.2) is 76.3 Å². The van der Waals surface area contributed by atoms with Gasteiger partial charge in [0.2, 0.25) is 0 Å². The zero-order valence-electron chi connectivity index (χ0n) is 17.6. The standard InChI is InChI=1S/C23H20F3N3O3S/c1-15-21(31)28(12-17-5-3-2-4-6-17)14-29-13-19(33(32)22(15)29)20(30)27-11-16-7-9-18(10-8-16)23(24,25)26/h2-10,13H,11-12,14H2,1H3,(H,27,30). The molecule has 0 aromatic heterocycles. The van der Waals surface area contributed by atoms with E-state index in [1.807, 2.05) is 30.3 Å². The Bertz CT molecular complexity index is 1170. The van der Waals surface area contributed by atoms with Crippen LogP contribution in [-0.2, 0) is 39.7 Å². The number of hydrogen-bond donors (Lipinski definition) is 1. The van der Waals surface area contributed by atoms with Crippen LogP contribution < -0.4 is 5.32 Å². The summed E-state index contributed by atoms with van der Waals surface area (Å²) in [6.45, 7) is 2.08. The van der Waals surface area contributed by atoms with E-state index in [0.29, 0.717) is 17.7 Å². The minimum Gasteiger partial charge on any atom is -0.347 e. The van der Waals surface area contributed by atoms with Gasteiger partial charge in [-0.1, -0.05) is 42.5 Å². The van der Waals surface area contributed by atoms with Gasteiger partial charge in [-0.05, 0) is 30.2 Å². The van der Waals surface area contributed by atoms with E-state index in [2.05, 4.69) is 5.32 Å². The fraction of sp³-hybridized carbons (Fsp3) is 0.217. The number of alkyl halides is 3. The second-order valence-electron chi connectivity index (χ2n) is 7.67. The van der Waals surface area contributed by atoms with Gasteiger partial charge in [-0.2, -0.15) is 13.2 Å². The Morgan fingerprint density at radius 1 is 1.06 bits per heavy atom. The van der Waals surface area contributed by atoms with E-state index in [1.54, 1.807) is 16.7 Å². The number of rotatable bonds is 5. The highest BCUT2D eigenvalue weighted by molar-refractivity contribution is 7.94. The molecule has 2 amide bonds. The van der Waals surface area contributed by atoms with Crippen LogP contribution in [-0.4, -0.2) is 32.5 Å². The molecule has 0 spiro atoms. The van der Waals surface area contributed by atoms with Crippen molar-refractivity contribution in [3.05, 3.63) is 93.0 Å². The lowest BCUT2D eigenvalue weighted by molar-refractivity contribution is -0.137. The molecule has 172 valence electrons. The van der Waals surface area contributed by atoms with Gasteiger partial charge >= 0.3 is 6.18 Å². The van der Waals surface area contributed by atoms with Gasteiger partial charge in [0.15, 0.2) is 0 Å². The largest absolute Gasteiger partial charge is 0.416 e. The number of fused-ring (bicyclic) bond motifs is 1. The maximum atomic E-state index is 13.0. The summed E-state index contributed by atoms with van der Waals surface area (Å²) >= 11 is 0. The maximum absolute atomic E-state index is 13.0. The number of hydrogen-bond acceptors (Lipinski definition) is 4. The average molecular weight is 475 g/mol. The first-order chi connectivity index (χ1) is 15.6. The van der Waals surface area contributed by atoms with Crippen molar-refractivity contribution < 1.29 is 27.0 Å². The summed E-state index contributed by atoms with van der Waals surface area (Å²) < 4.78 is 51.0. The molecular formula is C23H20F3N3O3S. The van der Waals surface area contributed by atoms with Crippen molar-refractivity contribution in [3.63, 3.8) is 0 Å². The first-order valence-electron chi connectivity index (χ1n) is 10.0. The smallest absolute Gasteiger partial charge is 0.347 e. The average Bonchev–Trinajstić information content (AvgIpc) is 3.12. The summed E-state index contributed by atoms with van der Waals surface area (Å²) in [5.41, 5.74) is 0.942. The number of carbonyl (C=O) groups excluding carboxylic acids is 2. The highest BCUT2D eigenvalue weighted by Gasteiger charge is 2.39. The molecule has 0 bridgehead atoms. The van der Waals surface area contributed by atoms with Crippen LogP contribution in [0.2, 0.25) is 0 Å². The molecule has 1 atom stereocenters. The summed E-state index contributed by atoms with van der Waals surface area (Å²) in [7, 11) is -1.83. The van der Waals surface area contributed by atoms with Gasteiger partial charge in [-0.3, -0.25) is 9.59 Å². The fourth-order valence-electron chi connectivity index (χ4n) is 3.64. The minimum atomic E-state index is -4.44. The third kappa shape index (κ3) is 4.70. The van der Waals surface area contributed by atoms with E-state index in [9.17, 15) is 27.0 Å². The highest BCUT2D eigenvalue weighted by Crippen LogP contribution is 2.33. The highest BCUT2D eigenvalue weighted by atomic mass is 32.2. The number of halogens is 3. The number of carbonyl (C=O) groups is 2. The van der Waals surface area contributed by atoms with Crippen molar-refractivity contribution in [2.45, 2.75) is 26.2 Å². The van der Waals surface area contributed by atoms with Crippen molar-refractivity contribution in [1.82, 2.24) is 15.1 Å². The number of nitrogens with one attached hydrogen (secondary N) is 1. The maximum Gasteiger partial charge on any atom is 0.416 e. The molecule has 1 unspecified atom stereocenters. The SMILES string of the molecule is CC1=C2N(C=C(C(=O)NCc3ccc(C(F)(F)F)cc3)S2=O)CN(Cc2ccccc2)C1=O. The molecule has 4 rings (SSSR count). The topological polar surface area (TPSA) is 69.7 Å². The van der Waals surface area contributed by atoms with Crippen molar-refractivity contribution in [2.75, 3.05) is 6.67 Å². The van der Waals surface area contributed by atoms with Crippen molar-refractivity contribution >= 4 is 22.6 Å². The van der Waals surface area contributed by atoms with E-state index in [-0.39, 0.29) is 29.1 Å². The van der Waals surface area contributed by atoms with Gasteiger partial charge < -0.3 is 15.1 Å². The summed E-state index contributed by atoms with van der Waals surface area (Å²) in [5, 5.41) is 2.87. The molecular weight excluding hydrogens is 455 g/mol. The molecule has 33 heavy (non-hydrogen) atoms. The molecule has 2 aliphatic heterocycles. The third-order valence-corrected chi connectivity index (χ3v) is 6.92. The molecule has 0 saturated carbocycles. The van der Waals surface area contributed by atoms with Crippen molar-refractivity contribution in [3.8, 4) is 0 Å². The number of amides is 2. The van der Waals surface area contributed by atoms with E-state index in [1.165, 1.54) is 18.3 Å². The lowest BCUT2D eigenvalue weighted by atomic mass is 10.1. The summed E-state index contributed by atoms with van der Waals surface area (Å²) in [5.74, 6) is -0.858. The van der Waals surface area contributed by atoms with Crippen molar-refractivity contribution in [1.29, 1.82) is 0 Å². The Labute approximate surface area is 190 Å². The normalized spacial score (nSPS) is 18.4. The van der Waals surface area contributed by atoms with Crippen LogP contribution in [0.25, 0.3) is 0 Å². The Morgan fingerprint density at radius 3 is 2.36 bits per heavy atom. The molecule has 2 aliphatic rings. The lowest BCUT2D eigenvalue weighted by Gasteiger charge is -2.34. The van der Waals surface area contributed by atoms with Crippen LogP contribution in [0.4, 0.5) is 13.2 Å². The fourth-order valence-corrected chi connectivity index (χ4v) is 5.01. The van der Waals surface area contributed by atoms with Gasteiger partial charge in [-0.25, -0.2) is 4.21 Å². The molecule has 0 fully saturated rings. The Hall–Kier alpha value is -3.40. The van der Waals surface area contributed by atoms with Crippen LogP contribution in [0, 0.1) is 0 Å². The monoisotopic (exact) mass is 475 g/mol. The number of nitrogens with zero attached hydrogens (tertiary/aromatic N) is 2. The second kappa shape index (κ2) is 8.86. The van der Waals surface area contributed by atoms with Crippen LogP contribution in [0.1, 0.15) is 23.6 Å². The van der Waals surface area contributed by atoms with Gasteiger partial charge in [0.1, 0.15) is 20.7 Å².